The fraction of sp³-hybridized carbons (Fsp3) is 0.200. The number of anilines is 3. The van der Waals surface area contributed by atoms with E-state index in [0.29, 0.717) is 36.0 Å². The van der Waals surface area contributed by atoms with Crippen molar-refractivity contribution in [1.82, 2.24) is 15.0 Å². The van der Waals surface area contributed by atoms with Crippen molar-refractivity contribution in [2.24, 2.45) is 0 Å². The Labute approximate surface area is 162 Å². The molecular formula is C20H21N5O3. The van der Waals surface area contributed by atoms with Crippen LogP contribution in [-0.2, 0) is 4.74 Å². The van der Waals surface area contributed by atoms with Crippen LogP contribution in [-0.4, -0.2) is 46.3 Å². The molecule has 2 aromatic heterocycles. The van der Waals surface area contributed by atoms with Gasteiger partial charge in [0.1, 0.15) is 5.82 Å². The lowest BCUT2D eigenvalue weighted by Gasteiger charge is -2.11. The van der Waals surface area contributed by atoms with Crippen LogP contribution in [0.4, 0.5) is 17.5 Å². The zero-order valence-electron chi connectivity index (χ0n) is 15.4. The average Bonchev–Trinajstić information content (AvgIpc) is 2.74. The Morgan fingerprint density at radius 2 is 2.00 bits per heavy atom. The summed E-state index contributed by atoms with van der Waals surface area (Å²) in [6.45, 7) is 0.646. The van der Waals surface area contributed by atoms with Gasteiger partial charge < -0.3 is 20.5 Å². The number of nitrogens with one attached hydrogen (secondary N) is 2. The van der Waals surface area contributed by atoms with Crippen molar-refractivity contribution in [1.29, 1.82) is 0 Å². The maximum atomic E-state index is 11.6. The Kier molecular flexibility index (Phi) is 6.48. The van der Waals surface area contributed by atoms with Crippen LogP contribution in [0, 0.1) is 0 Å². The summed E-state index contributed by atoms with van der Waals surface area (Å²) in [5, 5.41) is 15.3. The van der Waals surface area contributed by atoms with Crippen molar-refractivity contribution in [3.8, 4) is 11.3 Å². The third-order valence-corrected chi connectivity index (χ3v) is 3.88. The summed E-state index contributed by atoms with van der Waals surface area (Å²) in [6, 6.07) is 12.5. The molecule has 28 heavy (non-hydrogen) atoms. The zero-order valence-corrected chi connectivity index (χ0v) is 15.4. The number of aliphatic hydroxyl groups excluding tert-OH is 1. The number of esters is 1. The Hall–Kier alpha value is -3.52. The largest absolute Gasteiger partial charge is 0.465 e. The normalized spacial score (nSPS) is 10.4. The topological polar surface area (TPSA) is 109 Å². The van der Waals surface area contributed by atoms with E-state index in [-0.39, 0.29) is 12.6 Å². The lowest BCUT2D eigenvalue weighted by molar-refractivity contribution is 0.0601. The smallest absolute Gasteiger partial charge is 0.337 e. The first-order valence-corrected chi connectivity index (χ1v) is 8.79. The van der Waals surface area contributed by atoms with Gasteiger partial charge in [-0.2, -0.15) is 4.98 Å². The molecule has 0 spiro atoms. The number of hydrogen-bond acceptors (Lipinski definition) is 8. The second kappa shape index (κ2) is 9.43. The molecule has 0 fully saturated rings. The predicted octanol–water partition coefficient (Wildman–Crippen LogP) is 2.86. The third kappa shape index (κ3) is 5.01. The molecule has 8 heteroatoms. The summed E-state index contributed by atoms with van der Waals surface area (Å²) < 4.78 is 4.71. The number of methoxy groups -OCH3 is 1. The summed E-state index contributed by atoms with van der Waals surface area (Å²) in [4.78, 5) is 24.7. The second-order valence-electron chi connectivity index (χ2n) is 5.90. The molecule has 0 bridgehead atoms. The molecule has 0 saturated heterocycles. The molecule has 3 N–H and O–H groups in total. The van der Waals surface area contributed by atoms with Crippen molar-refractivity contribution in [3.63, 3.8) is 0 Å². The Bertz CT molecular complexity index is 917. The van der Waals surface area contributed by atoms with Crippen molar-refractivity contribution < 1.29 is 14.6 Å². The van der Waals surface area contributed by atoms with Crippen LogP contribution < -0.4 is 10.6 Å². The van der Waals surface area contributed by atoms with Gasteiger partial charge in [0.25, 0.3) is 0 Å². The minimum atomic E-state index is -0.386. The van der Waals surface area contributed by atoms with E-state index in [1.807, 2.05) is 18.2 Å². The monoisotopic (exact) mass is 379 g/mol. The predicted molar refractivity (Wildman–Crippen MR) is 107 cm³/mol. The number of aliphatic hydroxyl groups is 1. The molecule has 0 aliphatic carbocycles. The highest BCUT2D eigenvalue weighted by Gasteiger charge is 2.09. The SMILES string of the molecule is COC(=O)c1ccc(Nc2cc(-c3cccnc3)nc(NCCCO)n2)cc1. The highest BCUT2D eigenvalue weighted by molar-refractivity contribution is 5.89. The van der Waals surface area contributed by atoms with E-state index in [0.717, 1.165) is 11.3 Å². The van der Waals surface area contributed by atoms with E-state index >= 15 is 0 Å². The maximum Gasteiger partial charge on any atom is 0.337 e. The number of hydrogen-bond donors (Lipinski definition) is 3. The first kappa shape index (κ1) is 19.2. The van der Waals surface area contributed by atoms with Crippen LogP contribution in [0.3, 0.4) is 0 Å². The lowest BCUT2D eigenvalue weighted by atomic mass is 10.2. The number of rotatable bonds is 8. The summed E-state index contributed by atoms with van der Waals surface area (Å²) >= 11 is 0. The molecule has 144 valence electrons. The molecule has 3 rings (SSSR count). The average molecular weight is 379 g/mol. The maximum absolute atomic E-state index is 11.6. The zero-order chi connectivity index (χ0) is 19.8. The standard InChI is InChI=1S/C20H21N5O3/c1-28-19(27)14-5-7-16(8-6-14)23-18-12-17(15-4-2-9-21-13-15)24-20(25-18)22-10-3-11-26/h2,4-9,12-13,26H,3,10-11H2,1H3,(H2,22,23,24,25). The molecule has 0 saturated carbocycles. The van der Waals surface area contributed by atoms with Crippen LogP contribution in [0.15, 0.2) is 54.9 Å². The van der Waals surface area contributed by atoms with Gasteiger partial charge in [-0.25, -0.2) is 9.78 Å². The molecule has 0 aliphatic rings. The summed E-state index contributed by atoms with van der Waals surface area (Å²) in [5.74, 6) is 0.650. The molecule has 2 heterocycles. The second-order valence-corrected chi connectivity index (χ2v) is 5.90. The van der Waals surface area contributed by atoms with Gasteiger partial charge in [0.2, 0.25) is 5.95 Å². The van der Waals surface area contributed by atoms with Gasteiger partial charge in [0.05, 0.1) is 18.4 Å². The Morgan fingerprint density at radius 3 is 2.68 bits per heavy atom. The van der Waals surface area contributed by atoms with E-state index < -0.39 is 0 Å². The number of aromatic nitrogens is 3. The third-order valence-electron chi connectivity index (χ3n) is 3.88. The van der Waals surface area contributed by atoms with Gasteiger partial charge in [-0.1, -0.05) is 0 Å². The van der Waals surface area contributed by atoms with Gasteiger partial charge in [-0.05, 0) is 42.8 Å². The molecule has 0 radical (unpaired) electrons. The van der Waals surface area contributed by atoms with Gasteiger partial charge >= 0.3 is 5.97 Å². The number of ether oxygens (including phenoxy) is 1. The summed E-state index contributed by atoms with van der Waals surface area (Å²) in [7, 11) is 1.35. The molecule has 3 aromatic rings. The number of benzene rings is 1. The number of carbonyl (C=O) groups is 1. The van der Waals surface area contributed by atoms with Crippen molar-refractivity contribution >= 4 is 23.4 Å². The fourth-order valence-electron chi connectivity index (χ4n) is 2.49. The van der Waals surface area contributed by atoms with Crippen LogP contribution in [0.25, 0.3) is 11.3 Å². The van der Waals surface area contributed by atoms with E-state index in [9.17, 15) is 4.79 Å². The molecule has 0 unspecified atom stereocenters. The number of nitrogens with zero attached hydrogens (tertiary/aromatic N) is 3. The summed E-state index contributed by atoms with van der Waals surface area (Å²) in [5.41, 5.74) is 2.81. The van der Waals surface area contributed by atoms with E-state index in [2.05, 4.69) is 25.6 Å². The van der Waals surface area contributed by atoms with E-state index in [1.165, 1.54) is 7.11 Å². The van der Waals surface area contributed by atoms with Crippen LogP contribution in [0.5, 0.6) is 0 Å². The molecule has 0 atom stereocenters. The minimum Gasteiger partial charge on any atom is -0.465 e. The van der Waals surface area contributed by atoms with Crippen molar-refractivity contribution in [2.75, 3.05) is 30.9 Å². The molecule has 1 aromatic carbocycles. The number of carbonyl (C=O) groups excluding carboxylic acids is 1. The van der Waals surface area contributed by atoms with E-state index in [4.69, 9.17) is 9.84 Å². The fourth-order valence-corrected chi connectivity index (χ4v) is 2.49. The van der Waals surface area contributed by atoms with Gasteiger partial charge in [-0.3, -0.25) is 4.98 Å². The highest BCUT2D eigenvalue weighted by Crippen LogP contribution is 2.23. The van der Waals surface area contributed by atoms with Gasteiger partial charge in [0, 0.05) is 42.9 Å². The first-order valence-electron chi connectivity index (χ1n) is 8.79. The molecular weight excluding hydrogens is 358 g/mol. The van der Waals surface area contributed by atoms with Crippen LogP contribution in [0.1, 0.15) is 16.8 Å². The van der Waals surface area contributed by atoms with Crippen LogP contribution >= 0.6 is 0 Å². The molecule has 0 aliphatic heterocycles. The van der Waals surface area contributed by atoms with Gasteiger partial charge in [0.15, 0.2) is 0 Å². The number of pyridine rings is 1. The van der Waals surface area contributed by atoms with Gasteiger partial charge in [-0.15, -0.1) is 0 Å². The van der Waals surface area contributed by atoms with Crippen LogP contribution in [0.2, 0.25) is 0 Å². The highest BCUT2D eigenvalue weighted by atomic mass is 16.5. The van der Waals surface area contributed by atoms with E-state index in [1.54, 1.807) is 36.7 Å². The molecule has 8 nitrogen and oxygen atoms in total. The minimum absolute atomic E-state index is 0.0902. The first-order chi connectivity index (χ1) is 13.7. The van der Waals surface area contributed by atoms with Crippen molar-refractivity contribution in [3.05, 3.63) is 60.4 Å². The quantitative estimate of drug-likeness (QED) is 0.405. The summed E-state index contributed by atoms with van der Waals surface area (Å²) in [6.07, 6.45) is 4.03. The van der Waals surface area contributed by atoms with Crippen molar-refractivity contribution in [2.45, 2.75) is 6.42 Å². The Morgan fingerprint density at radius 1 is 1.18 bits per heavy atom. The Balaban J connectivity index is 1.86. The molecule has 0 amide bonds. The lowest BCUT2D eigenvalue weighted by Crippen LogP contribution is -2.09.